The first-order valence-electron chi connectivity index (χ1n) is 9.70. The summed E-state index contributed by atoms with van der Waals surface area (Å²) in [5.74, 6) is -2.00. The van der Waals surface area contributed by atoms with Crippen molar-refractivity contribution < 1.29 is 22.7 Å². The highest BCUT2D eigenvalue weighted by molar-refractivity contribution is 5.95. The molecule has 2 aromatic carbocycles. The molecule has 0 aliphatic carbocycles. The molecule has 164 valence electrons. The third-order valence-corrected chi connectivity index (χ3v) is 4.81. The van der Waals surface area contributed by atoms with E-state index in [9.17, 15) is 18.0 Å². The van der Waals surface area contributed by atoms with E-state index in [-0.39, 0.29) is 23.6 Å². The molecule has 0 aliphatic heterocycles. The number of hydrogen-bond acceptors (Lipinski definition) is 4. The summed E-state index contributed by atoms with van der Waals surface area (Å²) in [4.78, 5) is 17.2. The summed E-state index contributed by atoms with van der Waals surface area (Å²) < 4.78 is 48.2. The second-order valence-electron chi connectivity index (χ2n) is 7.20. The zero-order chi connectivity index (χ0) is 22.8. The fourth-order valence-electron chi connectivity index (χ4n) is 3.28. The fourth-order valence-corrected chi connectivity index (χ4v) is 3.28. The maximum absolute atomic E-state index is 13.9. The van der Waals surface area contributed by atoms with Crippen molar-refractivity contribution in [2.75, 3.05) is 5.43 Å². The van der Waals surface area contributed by atoms with Gasteiger partial charge in [0.25, 0.3) is 5.91 Å². The average molecular weight is 440 g/mol. The van der Waals surface area contributed by atoms with Gasteiger partial charge in [-0.3, -0.25) is 20.0 Å². The highest BCUT2D eigenvalue weighted by atomic mass is 19.1. The van der Waals surface area contributed by atoms with Crippen molar-refractivity contribution in [1.82, 2.24) is 14.8 Å². The molecule has 2 N–H and O–H groups in total. The first-order valence-corrected chi connectivity index (χ1v) is 9.70. The van der Waals surface area contributed by atoms with Crippen molar-refractivity contribution in [3.8, 4) is 5.75 Å². The topological polar surface area (TPSA) is 67.7 Å². The number of nitrogens with one attached hydrogen (secondary N) is 2. The van der Waals surface area contributed by atoms with Crippen LogP contribution in [0.4, 0.5) is 18.9 Å². The number of hydrazine groups is 1. The maximum atomic E-state index is 13.9. The van der Waals surface area contributed by atoms with E-state index >= 15 is 0 Å². The molecule has 4 aromatic rings. The third-order valence-electron chi connectivity index (χ3n) is 4.81. The van der Waals surface area contributed by atoms with E-state index in [1.807, 2.05) is 0 Å². The Bertz CT molecular complexity index is 1280. The van der Waals surface area contributed by atoms with Crippen molar-refractivity contribution in [3.63, 3.8) is 0 Å². The summed E-state index contributed by atoms with van der Waals surface area (Å²) in [6.07, 6.45) is 1.71. The summed E-state index contributed by atoms with van der Waals surface area (Å²) in [7, 11) is 0. The average Bonchev–Trinajstić information content (AvgIpc) is 3.08. The summed E-state index contributed by atoms with van der Waals surface area (Å²) >= 11 is 0. The number of hydrogen-bond donors (Lipinski definition) is 2. The lowest BCUT2D eigenvalue weighted by atomic mass is 10.2. The van der Waals surface area contributed by atoms with Gasteiger partial charge in [-0.25, -0.2) is 18.2 Å². The Labute approximate surface area is 181 Å². The van der Waals surface area contributed by atoms with Crippen molar-refractivity contribution in [3.05, 3.63) is 94.7 Å². The number of carbonyl (C=O) groups excluding carboxylic acids is 1. The van der Waals surface area contributed by atoms with Crippen LogP contribution in [-0.4, -0.2) is 15.3 Å². The minimum absolute atomic E-state index is 0.197. The molecule has 0 fully saturated rings. The van der Waals surface area contributed by atoms with Crippen LogP contribution in [0.25, 0.3) is 5.65 Å². The Balaban J connectivity index is 1.61. The van der Waals surface area contributed by atoms with Crippen molar-refractivity contribution >= 4 is 17.2 Å². The highest BCUT2D eigenvalue weighted by Crippen LogP contribution is 2.26. The van der Waals surface area contributed by atoms with E-state index in [4.69, 9.17) is 4.74 Å². The Hall–Kier alpha value is -4.01. The van der Waals surface area contributed by atoms with E-state index in [1.165, 1.54) is 30.3 Å². The van der Waals surface area contributed by atoms with Gasteiger partial charge in [-0.15, -0.1) is 0 Å². The van der Waals surface area contributed by atoms with Gasteiger partial charge >= 0.3 is 0 Å². The van der Waals surface area contributed by atoms with E-state index in [1.54, 1.807) is 30.5 Å². The lowest BCUT2D eigenvalue weighted by Gasteiger charge is -2.12. The summed E-state index contributed by atoms with van der Waals surface area (Å²) in [6.45, 7) is 3.12. The number of carbonyl (C=O) groups is 1. The van der Waals surface area contributed by atoms with Crippen LogP contribution in [0.3, 0.4) is 0 Å². The van der Waals surface area contributed by atoms with E-state index in [2.05, 4.69) is 15.8 Å². The van der Waals surface area contributed by atoms with Gasteiger partial charge in [-0.1, -0.05) is 6.07 Å². The number of nitrogens with zero attached hydrogens (tertiary/aromatic N) is 2. The smallest absolute Gasteiger partial charge is 0.288 e. The third kappa shape index (κ3) is 4.22. The Kier molecular flexibility index (Phi) is 5.72. The number of halogens is 3. The Morgan fingerprint density at radius 1 is 1.06 bits per heavy atom. The zero-order valence-electron chi connectivity index (χ0n) is 17.2. The van der Waals surface area contributed by atoms with Crippen molar-refractivity contribution in [2.24, 2.45) is 0 Å². The number of imidazole rings is 1. The first-order chi connectivity index (χ1) is 15.3. The number of fused-ring (bicyclic) bond motifs is 1. The zero-order valence-corrected chi connectivity index (χ0v) is 17.2. The number of amides is 1. The number of pyridine rings is 1. The molecule has 6 nitrogen and oxygen atoms in total. The van der Waals surface area contributed by atoms with Gasteiger partial charge in [-0.05, 0) is 61.9 Å². The molecule has 0 spiro atoms. The SMILES string of the molecule is Cc1cc(OCc2c(F)cccc2F)c2nc(C)c(C(=O)NNc3ccc(F)cc3)n2c1. The second-order valence-corrected chi connectivity index (χ2v) is 7.20. The lowest BCUT2D eigenvalue weighted by Crippen LogP contribution is -2.30. The largest absolute Gasteiger partial charge is 0.485 e. The molecule has 0 bridgehead atoms. The Morgan fingerprint density at radius 2 is 1.75 bits per heavy atom. The van der Waals surface area contributed by atoms with Gasteiger partial charge in [-0.2, -0.15) is 0 Å². The van der Waals surface area contributed by atoms with Gasteiger partial charge in [0.1, 0.15) is 29.8 Å². The summed E-state index contributed by atoms with van der Waals surface area (Å²) in [5, 5.41) is 0. The molecule has 0 unspecified atom stereocenters. The molecular formula is C23H19F3N4O2. The van der Waals surface area contributed by atoms with Crippen LogP contribution in [0, 0.1) is 31.3 Å². The van der Waals surface area contributed by atoms with Crippen LogP contribution in [0.1, 0.15) is 27.3 Å². The standard InChI is InChI=1S/C23H19F3N4O2/c1-13-10-20(32-12-17-18(25)4-3-5-19(17)26)22-27-14(2)21(30(22)11-13)23(31)29-28-16-8-6-15(24)7-9-16/h3-11,28H,12H2,1-2H3,(H,29,31). The molecule has 0 saturated carbocycles. The van der Waals surface area contributed by atoms with Crippen LogP contribution in [0.5, 0.6) is 5.75 Å². The molecule has 9 heteroatoms. The molecule has 2 heterocycles. The minimum Gasteiger partial charge on any atom is -0.485 e. The molecule has 4 rings (SSSR count). The van der Waals surface area contributed by atoms with Crippen LogP contribution >= 0.6 is 0 Å². The van der Waals surface area contributed by atoms with Gasteiger partial charge in [0, 0.05) is 6.20 Å². The van der Waals surface area contributed by atoms with Crippen LogP contribution in [0.15, 0.2) is 54.7 Å². The van der Waals surface area contributed by atoms with Crippen molar-refractivity contribution in [2.45, 2.75) is 20.5 Å². The number of aromatic nitrogens is 2. The highest BCUT2D eigenvalue weighted by Gasteiger charge is 2.20. The molecule has 0 atom stereocenters. The van der Waals surface area contributed by atoms with E-state index in [0.29, 0.717) is 17.0 Å². The molecular weight excluding hydrogens is 421 g/mol. The number of rotatable bonds is 6. The van der Waals surface area contributed by atoms with Crippen molar-refractivity contribution in [1.29, 1.82) is 0 Å². The van der Waals surface area contributed by atoms with Gasteiger partial charge in [0.15, 0.2) is 11.4 Å². The first kappa shape index (κ1) is 21.2. The van der Waals surface area contributed by atoms with E-state index in [0.717, 1.165) is 17.7 Å². The summed E-state index contributed by atoms with van der Waals surface area (Å²) in [6, 6.07) is 10.8. The lowest BCUT2D eigenvalue weighted by molar-refractivity contribution is 0.0956. The van der Waals surface area contributed by atoms with Crippen LogP contribution < -0.4 is 15.6 Å². The molecule has 32 heavy (non-hydrogen) atoms. The molecule has 0 radical (unpaired) electrons. The van der Waals surface area contributed by atoms with Gasteiger partial charge in [0.05, 0.1) is 16.9 Å². The van der Waals surface area contributed by atoms with Gasteiger partial charge in [0.2, 0.25) is 0 Å². The summed E-state index contributed by atoms with van der Waals surface area (Å²) in [5.41, 5.74) is 7.33. The maximum Gasteiger partial charge on any atom is 0.288 e. The second kappa shape index (κ2) is 8.62. The molecule has 1 amide bonds. The Morgan fingerprint density at radius 3 is 2.44 bits per heavy atom. The normalized spacial score (nSPS) is 10.9. The fraction of sp³-hybridized carbons (Fsp3) is 0.130. The quantitative estimate of drug-likeness (QED) is 0.427. The van der Waals surface area contributed by atoms with Gasteiger partial charge < -0.3 is 4.74 Å². The number of aryl methyl sites for hydroxylation is 2. The number of benzene rings is 2. The predicted molar refractivity (Wildman–Crippen MR) is 113 cm³/mol. The monoisotopic (exact) mass is 440 g/mol. The predicted octanol–water partition coefficient (Wildman–Crippen LogP) is 4.70. The number of anilines is 1. The molecule has 2 aromatic heterocycles. The minimum atomic E-state index is -0.708. The van der Waals surface area contributed by atoms with Crippen LogP contribution in [0.2, 0.25) is 0 Å². The van der Waals surface area contributed by atoms with E-state index < -0.39 is 23.4 Å². The molecule has 0 aliphatic rings. The number of ether oxygens (including phenoxy) is 1. The molecule has 0 saturated heterocycles. The van der Waals surface area contributed by atoms with Crippen LogP contribution in [-0.2, 0) is 6.61 Å².